The second-order valence-electron chi connectivity index (χ2n) is 5.65. The minimum atomic E-state index is -1.41. The summed E-state index contributed by atoms with van der Waals surface area (Å²) in [4.78, 5) is 40.6. The molecule has 1 aromatic carbocycles. The summed E-state index contributed by atoms with van der Waals surface area (Å²) in [5.41, 5.74) is -0.391. The van der Waals surface area contributed by atoms with E-state index in [1.165, 1.54) is 13.3 Å². The van der Waals surface area contributed by atoms with Gasteiger partial charge in [-0.05, 0) is 12.0 Å². The number of likely N-dealkylation sites (N-methyl/N-ethyl adjacent to an activating group) is 1. The number of carbonyl (C=O) groups is 3. The molecule has 0 radical (unpaired) electrons. The number of hydrogen-bond donors (Lipinski definition) is 0. The summed E-state index contributed by atoms with van der Waals surface area (Å²) in [6, 6.07) is 9.74. The van der Waals surface area contributed by atoms with Crippen LogP contribution in [-0.4, -0.2) is 39.8 Å². The Hall–Kier alpha value is -2.96. The fraction of sp³-hybridized carbons (Fsp3) is 0.294. The summed E-state index contributed by atoms with van der Waals surface area (Å²) in [6.45, 7) is 1.72. The molecule has 124 valence electrons. The van der Waals surface area contributed by atoms with Gasteiger partial charge in [0.15, 0.2) is 5.41 Å². The summed E-state index contributed by atoms with van der Waals surface area (Å²) in [5.74, 6) is -1.05. The average Bonchev–Trinajstić information content (AvgIpc) is 3.12. The van der Waals surface area contributed by atoms with E-state index >= 15 is 0 Å². The van der Waals surface area contributed by atoms with Crippen LogP contribution in [0, 0.1) is 0 Å². The Labute approximate surface area is 138 Å². The molecule has 2 aromatic rings. The summed E-state index contributed by atoms with van der Waals surface area (Å²) < 4.78 is 4.76. The van der Waals surface area contributed by atoms with Crippen molar-refractivity contribution >= 4 is 17.8 Å². The van der Waals surface area contributed by atoms with Crippen molar-refractivity contribution in [2.75, 3.05) is 7.05 Å². The summed E-state index contributed by atoms with van der Waals surface area (Å²) in [5, 5.41) is 3.75. The van der Waals surface area contributed by atoms with Crippen LogP contribution >= 0.6 is 0 Å². The second kappa shape index (κ2) is 5.92. The largest absolute Gasteiger partial charge is 0.364 e. The van der Waals surface area contributed by atoms with Gasteiger partial charge >= 0.3 is 6.03 Å². The molecule has 3 rings (SSSR count). The number of aromatic nitrogens is 1. The number of imide groups is 2. The third-order valence-electron chi connectivity index (χ3n) is 4.41. The Bertz CT molecular complexity index is 772. The van der Waals surface area contributed by atoms with E-state index in [1.807, 2.05) is 6.07 Å². The molecule has 1 aromatic heterocycles. The van der Waals surface area contributed by atoms with Crippen LogP contribution in [0.25, 0.3) is 0 Å². The van der Waals surface area contributed by atoms with Crippen molar-refractivity contribution in [3.63, 3.8) is 0 Å². The monoisotopic (exact) mass is 327 g/mol. The van der Waals surface area contributed by atoms with E-state index in [1.54, 1.807) is 37.3 Å². The molecular weight excluding hydrogens is 310 g/mol. The van der Waals surface area contributed by atoms with Gasteiger partial charge < -0.3 is 4.52 Å². The normalized spacial score (nSPS) is 21.5. The number of amides is 4. The minimum Gasteiger partial charge on any atom is -0.364 e. The van der Waals surface area contributed by atoms with Gasteiger partial charge in [-0.15, -0.1) is 0 Å². The first kappa shape index (κ1) is 15.9. The summed E-state index contributed by atoms with van der Waals surface area (Å²) in [7, 11) is 1.39. The van der Waals surface area contributed by atoms with Crippen LogP contribution < -0.4 is 0 Å². The lowest BCUT2D eigenvalue weighted by molar-refractivity contribution is -0.152. The highest BCUT2D eigenvalue weighted by Crippen LogP contribution is 2.36. The maximum Gasteiger partial charge on any atom is 0.333 e. The molecule has 7 nitrogen and oxygen atoms in total. The lowest BCUT2D eigenvalue weighted by atomic mass is 9.74. The van der Waals surface area contributed by atoms with Crippen molar-refractivity contribution in [1.29, 1.82) is 0 Å². The molecular formula is C17H17N3O4. The Morgan fingerprint density at radius 3 is 2.38 bits per heavy atom. The lowest BCUT2D eigenvalue weighted by Crippen LogP contribution is -2.65. The van der Waals surface area contributed by atoms with Gasteiger partial charge in [0, 0.05) is 13.1 Å². The van der Waals surface area contributed by atoms with Crippen molar-refractivity contribution < 1.29 is 18.9 Å². The fourth-order valence-electron chi connectivity index (χ4n) is 3.06. The lowest BCUT2D eigenvalue weighted by Gasteiger charge is -2.42. The van der Waals surface area contributed by atoms with Crippen LogP contribution in [0.4, 0.5) is 4.79 Å². The number of hydrogen-bond acceptors (Lipinski definition) is 5. The van der Waals surface area contributed by atoms with E-state index in [2.05, 4.69) is 5.16 Å². The Morgan fingerprint density at radius 1 is 1.08 bits per heavy atom. The van der Waals surface area contributed by atoms with Crippen molar-refractivity contribution in [1.82, 2.24) is 15.0 Å². The molecule has 4 amide bonds. The van der Waals surface area contributed by atoms with E-state index in [4.69, 9.17) is 4.52 Å². The SMILES string of the molecule is CCC1(c2ccccc2)C(=O)N(C)C(=O)N(Cc2ccon2)C1=O. The highest BCUT2D eigenvalue weighted by Gasteiger charge is 2.56. The molecule has 7 heteroatoms. The zero-order valence-electron chi connectivity index (χ0n) is 13.4. The topological polar surface area (TPSA) is 83.7 Å². The van der Waals surface area contributed by atoms with E-state index in [0.717, 1.165) is 9.80 Å². The maximum absolute atomic E-state index is 13.2. The number of nitrogens with zero attached hydrogens (tertiary/aromatic N) is 3. The van der Waals surface area contributed by atoms with Crippen LogP contribution in [0.1, 0.15) is 24.6 Å². The summed E-state index contributed by atoms with van der Waals surface area (Å²) >= 11 is 0. The minimum absolute atomic E-state index is 0.0413. The molecule has 1 unspecified atom stereocenters. The number of barbiturate groups is 1. The number of rotatable bonds is 4. The molecule has 0 N–H and O–H groups in total. The molecule has 1 aliphatic rings. The predicted molar refractivity (Wildman–Crippen MR) is 83.6 cm³/mol. The second-order valence-corrected chi connectivity index (χ2v) is 5.65. The molecule has 1 saturated heterocycles. The summed E-state index contributed by atoms with van der Waals surface area (Å²) in [6.07, 6.45) is 1.62. The Kier molecular flexibility index (Phi) is 3.92. The molecule has 2 heterocycles. The molecule has 1 aliphatic heterocycles. The molecule has 24 heavy (non-hydrogen) atoms. The molecule has 1 fully saturated rings. The van der Waals surface area contributed by atoms with Gasteiger partial charge in [-0.3, -0.25) is 19.4 Å². The van der Waals surface area contributed by atoms with E-state index in [-0.39, 0.29) is 13.0 Å². The number of benzene rings is 1. The van der Waals surface area contributed by atoms with E-state index in [0.29, 0.717) is 11.3 Å². The van der Waals surface area contributed by atoms with Crippen molar-refractivity contribution in [2.24, 2.45) is 0 Å². The smallest absolute Gasteiger partial charge is 0.333 e. The van der Waals surface area contributed by atoms with Gasteiger partial charge in [0.2, 0.25) is 0 Å². The zero-order chi connectivity index (χ0) is 17.3. The standard InChI is InChI=1S/C17H17N3O4/c1-3-17(12-7-5-4-6-8-12)14(21)19(2)16(23)20(15(17)22)11-13-9-10-24-18-13/h4-10H,3,11H2,1-2H3. The first-order chi connectivity index (χ1) is 11.5. The third-order valence-corrected chi connectivity index (χ3v) is 4.41. The van der Waals surface area contributed by atoms with Gasteiger partial charge in [-0.2, -0.15) is 0 Å². The molecule has 1 atom stereocenters. The molecule has 0 aliphatic carbocycles. The molecule has 0 saturated carbocycles. The highest BCUT2D eigenvalue weighted by molar-refractivity contribution is 6.22. The molecule has 0 bridgehead atoms. The van der Waals surface area contributed by atoms with Gasteiger partial charge in [0.1, 0.15) is 12.0 Å². The average molecular weight is 327 g/mol. The number of carbonyl (C=O) groups excluding carboxylic acids is 3. The van der Waals surface area contributed by atoms with Crippen molar-refractivity contribution in [3.05, 3.63) is 53.9 Å². The van der Waals surface area contributed by atoms with Crippen LogP contribution in [0.2, 0.25) is 0 Å². The third kappa shape index (κ3) is 2.20. The first-order valence-corrected chi connectivity index (χ1v) is 7.61. The molecule has 0 spiro atoms. The van der Waals surface area contributed by atoms with E-state index in [9.17, 15) is 14.4 Å². The van der Waals surface area contributed by atoms with Crippen LogP contribution in [0.3, 0.4) is 0 Å². The maximum atomic E-state index is 13.2. The van der Waals surface area contributed by atoms with Crippen molar-refractivity contribution in [2.45, 2.75) is 25.3 Å². The highest BCUT2D eigenvalue weighted by atomic mass is 16.5. The van der Waals surface area contributed by atoms with Crippen LogP contribution in [0.15, 0.2) is 47.2 Å². The predicted octanol–water partition coefficient (Wildman–Crippen LogP) is 1.94. The van der Waals surface area contributed by atoms with Crippen LogP contribution in [0.5, 0.6) is 0 Å². The van der Waals surface area contributed by atoms with Gasteiger partial charge in [-0.1, -0.05) is 42.4 Å². The quantitative estimate of drug-likeness (QED) is 0.801. The Balaban J connectivity index is 2.09. The van der Waals surface area contributed by atoms with Crippen molar-refractivity contribution in [3.8, 4) is 0 Å². The van der Waals surface area contributed by atoms with Gasteiger partial charge in [0.25, 0.3) is 11.8 Å². The number of urea groups is 1. The van der Waals surface area contributed by atoms with Crippen LogP contribution in [-0.2, 0) is 21.5 Å². The zero-order valence-corrected chi connectivity index (χ0v) is 13.4. The Morgan fingerprint density at radius 2 is 1.79 bits per heavy atom. The van der Waals surface area contributed by atoms with Gasteiger partial charge in [0.05, 0.1) is 6.54 Å². The van der Waals surface area contributed by atoms with Gasteiger partial charge in [-0.25, -0.2) is 4.79 Å². The fourth-order valence-corrected chi connectivity index (χ4v) is 3.06. The first-order valence-electron chi connectivity index (χ1n) is 7.61. The van der Waals surface area contributed by atoms with E-state index < -0.39 is 23.3 Å².